The summed E-state index contributed by atoms with van der Waals surface area (Å²) in [5.74, 6) is -2.87. The van der Waals surface area contributed by atoms with Gasteiger partial charge in [-0.15, -0.1) is 0 Å². The Morgan fingerprint density at radius 1 is 1.00 bits per heavy atom. The summed E-state index contributed by atoms with van der Waals surface area (Å²) in [7, 11) is 0. The Kier molecular flexibility index (Phi) is 4.10. The van der Waals surface area contributed by atoms with Crippen molar-refractivity contribution in [3.05, 3.63) is 71.3 Å². The van der Waals surface area contributed by atoms with E-state index in [1.54, 1.807) is 6.07 Å². The number of nitrogens with two attached hydrogens (primary N) is 1. The number of rotatable bonds is 4. The molecule has 0 aliphatic heterocycles. The quantitative estimate of drug-likeness (QED) is 0.902. The van der Waals surface area contributed by atoms with Crippen molar-refractivity contribution in [3.8, 4) is 0 Å². The highest BCUT2D eigenvalue weighted by molar-refractivity contribution is 5.75. The Labute approximate surface area is 114 Å². The topological polar surface area (TPSA) is 63.3 Å². The first-order valence-corrected chi connectivity index (χ1v) is 5.98. The number of halogens is 2. The molecular formula is C15H13F2NO2. The number of carbonyl (C=O) groups is 1. The summed E-state index contributed by atoms with van der Waals surface area (Å²) in [4.78, 5) is 11.1. The van der Waals surface area contributed by atoms with E-state index in [9.17, 15) is 13.6 Å². The van der Waals surface area contributed by atoms with Gasteiger partial charge in [-0.1, -0.05) is 24.3 Å². The number of carboxylic acid groups (broad SMARTS) is 1. The smallest absolute Gasteiger partial charge is 0.321 e. The standard InChI is InChI=1S/C15H13F2NO2/c16-11-6-4-9(5-7-11)13(14(18)15(19)20)10-2-1-3-12(17)8-10/h1-8,13-14H,18H2,(H,19,20). The fourth-order valence-electron chi connectivity index (χ4n) is 2.12. The van der Waals surface area contributed by atoms with Gasteiger partial charge in [0, 0.05) is 5.92 Å². The number of hydrogen-bond acceptors (Lipinski definition) is 2. The molecule has 0 aliphatic carbocycles. The summed E-state index contributed by atoms with van der Waals surface area (Å²) in [6, 6.07) is 9.67. The maximum absolute atomic E-state index is 13.3. The van der Waals surface area contributed by atoms with E-state index < -0.39 is 29.6 Å². The van der Waals surface area contributed by atoms with Gasteiger partial charge in [-0.2, -0.15) is 0 Å². The molecule has 3 nitrogen and oxygen atoms in total. The minimum atomic E-state index is -1.25. The molecule has 0 aliphatic rings. The molecule has 5 heteroatoms. The van der Waals surface area contributed by atoms with Crippen LogP contribution in [0.5, 0.6) is 0 Å². The molecule has 0 fully saturated rings. The van der Waals surface area contributed by atoms with Gasteiger partial charge >= 0.3 is 5.97 Å². The molecule has 20 heavy (non-hydrogen) atoms. The van der Waals surface area contributed by atoms with E-state index in [-0.39, 0.29) is 0 Å². The van der Waals surface area contributed by atoms with E-state index in [0.717, 1.165) is 0 Å². The molecule has 0 aromatic heterocycles. The van der Waals surface area contributed by atoms with Gasteiger partial charge in [-0.25, -0.2) is 8.78 Å². The van der Waals surface area contributed by atoms with Gasteiger partial charge in [0.05, 0.1) is 0 Å². The summed E-state index contributed by atoms with van der Waals surface area (Å²) >= 11 is 0. The number of benzene rings is 2. The van der Waals surface area contributed by atoms with Crippen molar-refractivity contribution in [1.29, 1.82) is 0 Å². The van der Waals surface area contributed by atoms with Crippen LogP contribution in [0.25, 0.3) is 0 Å². The summed E-state index contributed by atoms with van der Waals surface area (Å²) in [6.07, 6.45) is 0. The average molecular weight is 277 g/mol. The van der Waals surface area contributed by atoms with Gasteiger partial charge in [0.25, 0.3) is 0 Å². The number of carboxylic acids is 1. The van der Waals surface area contributed by atoms with Crippen LogP contribution in [0.3, 0.4) is 0 Å². The highest BCUT2D eigenvalue weighted by atomic mass is 19.1. The SMILES string of the molecule is NC(C(=O)O)C(c1ccc(F)cc1)c1cccc(F)c1. The molecule has 0 bridgehead atoms. The molecule has 0 saturated heterocycles. The summed E-state index contributed by atoms with van der Waals surface area (Å²) in [5, 5.41) is 9.11. The summed E-state index contributed by atoms with van der Waals surface area (Å²) in [5.41, 5.74) is 6.65. The molecule has 0 amide bonds. The predicted molar refractivity (Wildman–Crippen MR) is 70.3 cm³/mol. The molecule has 0 saturated carbocycles. The van der Waals surface area contributed by atoms with Gasteiger partial charge in [-0.3, -0.25) is 4.79 Å². The fourth-order valence-corrected chi connectivity index (χ4v) is 2.12. The third kappa shape index (κ3) is 3.00. The van der Waals surface area contributed by atoms with Gasteiger partial charge in [0.2, 0.25) is 0 Å². The molecule has 0 radical (unpaired) electrons. The highest BCUT2D eigenvalue weighted by Crippen LogP contribution is 2.28. The van der Waals surface area contributed by atoms with E-state index in [2.05, 4.69) is 0 Å². The van der Waals surface area contributed by atoms with Crippen molar-refractivity contribution >= 4 is 5.97 Å². The summed E-state index contributed by atoms with van der Waals surface area (Å²) < 4.78 is 26.3. The normalized spacial score (nSPS) is 13.8. The second-order valence-corrected chi connectivity index (χ2v) is 4.45. The largest absolute Gasteiger partial charge is 0.480 e. The Hall–Kier alpha value is -2.27. The molecule has 2 unspecified atom stereocenters. The Morgan fingerprint density at radius 3 is 2.20 bits per heavy atom. The number of hydrogen-bond donors (Lipinski definition) is 2. The van der Waals surface area contributed by atoms with Crippen molar-refractivity contribution in [3.63, 3.8) is 0 Å². The van der Waals surface area contributed by atoms with Crippen molar-refractivity contribution in [2.24, 2.45) is 5.73 Å². The van der Waals surface area contributed by atoms with Crippen molar-refractivity contribution in [2.75, 3.05) is 0 Å². The van der Waals surface area contributed by atoms with Crippen molar-refractivity contribution in [1.82, 2.24) is 0 Å². The molecule has 2 aromatic rings. The van der Waals surface area contributed by atoms with Crippen LogP contribution in [-0.2, 0) is 4.79 Å². The van der Waals surface area contributed by atoms with Gasteiger partial charge in [0.15, 0.2) is 0 Å². The van der Waals surface area contributed by atoms with Crippen molar-refractivity contribution < 1.29 is 18.7 Å². The van der Waals surface area contributed by atoms with Crippen LogP contribution in [0.15, 0.2) is 48.5 Å². The monoisotopic (exact) mass is 277 g/mol. The lowest BCUT2D eigenvalue weighted by Gasteiger charge is -2.22. The first kappa shape index (κ1) is 14.1. The lowest BCUT2D eigenvalue weighted by Crippen LogP contribution is -2.37. The fraction of sp³-hybridized carbons (Fsp3) is 0.133. The molecule has 0 heterocycles. The minimum absolute atomic E-state index is 0.435. The van der Waals surface area contributed by atoms with Gasteiger partial charge < -0.3 is 10.8 Å². The van der Waals surface area contributed by atoms with E-state index in [1.807, 2.05) is 0 Å². The molecule has 2 atom stereocenters. The van der Waals surface area contributed by atoms with E-state index in [0.29, 0.717) is 11.1 Å². The minimum Gasteiger partial charge on any atom is -0.480 e. The Bertz CT molecular complexity index is 614. The second kappa shape index (κ2) is 5.79. The molecule has 104 valence electrons. The van der Waals surface area contributed by atoms with Crippen LogP contribution in [0.4, 0.5) is 8.78 Å². The maximum Gasteiger partial charge on any atom is 0.321 e. The van der Waals surface area contributed by atoms with Gasteiger partial charge in [-0.05, 0) is 35.4 Å². The molecule has 0 spiro atoms. The first-order chi connectivity index (χ1) is 9.49. The molecular weight excluding hydrogens is 264 g/mol. The number of aliphatic carboxylic acids is 1. The van der Waals surface area contributed by atoms with E-state index in [4.69, 9.17) is 10.8 Å². The Morgan fingerprint density at radius 2 is 1.65 bits per heavy atom. The van der Waals surface area contributed by atoms with Gasteiger partial charge in [0.1, 0.15) is 17.7 Å². The van der Waals surface area contributed by atoms with E-state index in [1.165, 1.54) is 42.5 Å². The molecule has 2 rings (SSSR count). The zero-order valence-corrected chi connectivity index (χ0v) is 10.5. The highest BCUT2D eigenvalue weighted by Gasteiger charge is 2.27. The lowest BCUT2D eigenvalue weighted by atomic mass is 9.85. The second-order valence-electron chi connectivity index (χ2n) is 4.45. The average Bonchev–Trinajstić information content (AvgIpc) is 2.41. The molecule has 2 aromatic carbocycles. The third-order valence-electron chi connectivity index (χ3n) is 3.08. The Balaban J connectivity index is 2.49. The first-order valence-electron chi connectivity index (χ1n) is 5.98. The van der Waals surface area contributed by atoms with Crippen LogP contribution in [0, 0.1) is 11.6 Å². The van der Waals surface area contributed by atoms with Crippen LogP contribution in [-0.4, -0.2) is 17.1 Å². The van der Waals surface area contributed by atoms with Crippen LogP contribution >= 0.6 is 0 Å². The maximum atomic E-state index is 13.3. The lowest BCUT2D eigenvalue weighted by molar-refractivity contribution is -0.138. The van der Waals surface area contributed by atoms with Crippen molar-refractivity contribution in [2.45, 2.75) is 12.0 Å². The van der Waals surface area contributed by atoms with E-state index >= 15 is 0 Å². The zero-order valence-electron chi connectivity index (χ0n) is 10.5. The molecule has 3 N–H and O–H groups in total. The third-order valence-corrected chi connectivity index (χ3v) is 3.08. The van der Waals surface area contributed by atoms with Crippen LogP contribution in [0.1, 0.15) is 17.0 Å². The zero-order chi connectivity index (χ0) is 14.7. The van der Waals surface area contributed by atoms with Crippen LogP contribution in [0.2, 0.25) is 0 Å². The summed E-state index contributed by atoms with van der Waals surface area (Å²) in [6.45, 7) is 0. The van der Waals surface area contributed by atoms with Crippen LogP contribution < -0.4 is 5.73 Å². The predicted octanol–water partition coefficient (Wildman–Crippen LogP) is 2.51.